The SMILES string of the molecule is CC1(C)c2cnccc2-n2c3ccccc3c3cc([B]O)cc1c32. The van der Waals surface area contributed by atoms with Gasteiger partial charge in [-0.3, -0.25) is 4.98 Å². The summed E-state index contributed by atoms with van der Waals surface area (Å²) >= 11 is 0. The second-order valence-electron chi connectivity index (χ2n) is 6.96. The molecule has 0 saturated heterocycles. The first kappa shape index (κ1) is 13.8. The van der Waals surface area contributed by atoms with E-state index >= 15 is 0 Å². The van der Waals surface area contributed by atoms with Gasteiger partial charge in [0.05, 0.1) is 16.7 Å². The molecule has 3 heterocycles. The van der Waals surface area contributed by atoms with E-state index in [4.69, 9.17) is 0 Å². The maximum Gasteiger partial charge on any atom is 0.326 e. The van der Waals surface area contributed by atoms with Crippen molar-refractivity contribution >= 4 is 34.8 Å². The summed E-state index contributed by atoms with van der Waals surface area (Å²) in [7, 11) is 1.19. The van der Waals surface area contributed by atoms with Crippen LogP contribution in [0.2, 0.25) is 0 Å². The van der Waals surface area contributed by atoms with Crippen LogP contribution in [-0.4, -0.2) is 22.1 Å². The number of hydrogen-bond donors (Lipinski definition) is 1. The molecule has 1 radical (unpaired) electrons. The molecule has 0 aliphatic carbocycles. The Morgan fingerprint density at radius 2 is 1.88 bits per heavy atom. The Kier molecular flexibility index (Phi) is 2.58. The van der Waals surface area contributed by atoms with Crippen LogP contribution in [-0.2, 0) is 5.41 Å². The van der Waals surface area contributed by atoms with Crippen molar-refractivity contribution in [2.24, 2.45) is 0 Å². The molecule has 4 heteroatoms. The van der Waals surface area contributed by atoms with Crippen LogP contribution in [0.5, 0.6) is 0 Å². The smallest absolute Gasteiger partial charge is 0.326 e. The Morgan fingerprint density at radius 3 is 2.71 bits per heavy atom. The van der Waals surface area contributed by atoms with E-state index in [9.17, 15) is 5.02 Å². The number of rotatable bonds is 1. The van der Waals surface area contributed by atoms with Crippen LogP contribution >= 0.6 is 0 Å². The van der Waals surface area contributed by atoms with Gasteiger partial charge in [-0.2, -0.15) is 0 Å². The third-order valence-electron chi connectivity index (χ3n) is 5.33. The molecule has 1 aliphatic heterocycles. The molecule has 1 aliphatic rings. The van der Waals surface area contributed by atoms with E-state index in [0.29, 0.717) is 0 Å². The molecule has 115 valence electrons. The summed E-state index contributed by atoms with van der Waals surface area (Å²) in [6, 6.07) is 14.7. The molecule has 3 nitrogen and oxygen atoms in total. The lowest BCUT2D eigenvalue weighted by Crippen LogP contribution is -2.29. The first-order chi connectivity index (χ1) is 11.6. The second-order valence-corrected chi connectivity index (χ2v) is 6.96. The summed E-state index contributed by atoms with van der Waals surface area (Å²) in [5.74, 6) is 0. The van der Waals surface area contributed by atoms with E-state index in [-0.39, 0.29) is 5.41 Å². The molecule has 0 saturated carbocycles. The van der Waals surface area contributed by atoms with E-state index in [1.165, 1.54) is 46.1 Å². The van der Waals surface area contributed by atoms with Crippen molar-refractivity contribution in [3.05, 3.63) is 66.0 Å². The first-order valence-corrected chi connectivity index (χ1v) is 8.13. The molecular formula is C20H16BN2O. The van der Waals surface area contributed by atoms with Crippen molar-refractivity contribution in [2.45, 2.75) is 19.3 Å². The average molecular weight is 311 g/mol. The van der Waals surface area contributed by atoms with E-state index in [1.54, 1.807) is 0 Å². The van der Waals surface area contributed by atoms with Gasteiger partial charge in [-0.1, -0.05) is 49.6 Å². The molecule has 1 N–H and O–H groups in total. The van der Waals surface area contributed by atoms with Crippen LogP contribution in [0.4, 0.5) is 0 Å². The second kappa shape index (κ2) is 4.49. The van der Waals surface area contributed by atoms with Crippen LogP contribution in [0.25, 0.3) is 27.5 Å². The van der Waals surface area contributed by atoms with Gasteiger partial charge < -0.3 is 9.59 Å². The van der Waals surface area contributed by atoms with Crippen LogP contribution in [0.3, 0.4) is 0 Å². The Balaban J connectivity index is 2.12. The maximum absolute atomic E-state index is 9.64. The quantitative estimate of drug-likeness (QED) is 0.549. The highest BCUT2D eigenvalue weighted by Gasteiger charge is 2.35. The molecular weight excluding hydrogens is 295 g/mol. The third-order valence-corrected chi connectivity index (χ3v) is 5.33. The van der Waals surface area contributed by atoms with Crippen molar-refractivity contribution in [1.29, 1.82) is 0 Å². The fourth-order valence-electron chi connectivity index (χ4n) is 4.13. The molecule has 2 aromatic heterocycles. The monoisotopic (exact) mass is 311 g/mol. The minimum absolute atomic E-state index is 0.175. The molecule has 0 unspecified atom stereocenters. The number of para-hydroxylation sites is 1. The Morgan fingerprint density at radius 1 is 1.04 bits per heavy atom. The number of pyridine rings is 1. The molecule has 0 amide bonds. The summed E-state index contributed by atoms with van der Waals surface area (Å²) in [4.78, 5) is 4.37. The fraction of sp³-hybridized carbons (Fsp3) is 0.150. The minimum atomic E-state index is -0.175. The third kappa shape index (κ3) is 1.54. The van der Waals surface area contributed by atoms with E-state index in [0.717, 1.165) is 5.46 Å². The van der Waals surface area contributed by atoms with Crippen molar-refractivity contribution in [1.82, 2.24) is 9.55 Å². The van der Waals surface area contributed by atoms with Gasteiger partial charge >= 0.3 is 7.48 Å². The molecule has 0 fully saturated rings. The molecule has 5 rings (SSSR count). The van der Waals surface area contributed by atoms with Gasteiger partial charge in [0.1, 0.15) is 0 Å². The first-order valence-electron chi connectivity index (χ1n) is 8.13. The zero-order valence-corrected chi connectivity index (χ0v) is 13.6. The molecule has 0 spiro atoms. The number of benzene rings is 2. The number of fused-ring (bicyclic) bond motifs is 5. The summed E-state index contributed by atoms with van der Waals surface area (Å²) in [6.45, 7) is 4.45. The van der Waals surface area contributed by atoms with E-state index in [2.05, 4.69) is 65.9 Å². The Labute approximate surface area is 140 Å². The lowest BCUT2D eigenvalue weighted by atomic mass is 9.73. The highest BCUT2D eigenvalue weighted by molar-refractivity contribution is 6.46. The molecule has 2 aromatic carbocycles. The van der Waals surface area contributed by atoms with Gasteiger partial charge in [0.15, 0.2) is 0 Å². The summed E-state index contributed by atoms with van der Waals surface area (Å²) in [5.41, 5.74) is 6.69. The standard InChI is InChI=1S/C20H16BN2O/c1-20(2)15-10-12(21-24)9-14-13-5-3-4-6-17(13)23(19(14)15)18-7-8-22-11-16(18)20/h3-11,24H,1-2H3. The molecule has 4 aromatic rings. The van der Waals surface area contributed by atoms with Gasteiger partial charge in [-0.25, -0.2) is 0 Å². The van der Waals surface area contributed by atoms with E-state index < -0.39 is 0 Å². The summed E-state index contributed by atoms with van der Waals surface area (Å²) < 4.78 is 2.34. The number of nitrogens with zero attached hydrogens (tertiary/aromatic N) is 2. The van der Waals surface area contributed by atoms with Gasteiger partial charge in [-0.15, -0.1) is 0 Å². The largest absolute Gasteiger partial charge is 0.450 e. The van der Waals surface area contributed by atoms with Crippen molar-refractivity contribution in [3.8, 4) is 5.69 Å². The van der Waals surface area contributed by atoms with Crippen LogP contribution in [0, 0.1) is 0 Å². The Bertz CT molecular complexity index is 1130. The van der Waals surface area contributed by atoms with Crippen molar-refractivity contribution in [2.75, 3.05) is 0 Å². The van der Waals surface area contributed by atoms with Gasteiger partial charge in [0.2, 0.25) is 0 Å². The highest BCUT2D eigenvalue weighted by atomic mass is 16.2. The van der Waals surface area contributed by atoms with E-state index in [1.807, 2.05) is 12.4 Å². The van der Waals surface area contributed by atoms with Crippen LogP contribution in [0.1, 0.15) is 25.0 Å². The topological polar surface area (TPSA) is 38.0 Å². The minimum Gasteiger partial charge on any atom is -0.450 e. The lowest BCUT2D eigenvalue weighted by Gasteiger charge is -2.34. The van der Waals surface area contributed by atoms with Gasteiger partial charge in [-0.05, 0) is 17.7 Å². The highest BCUT2D eigenvalue weighted by Crippen LogP contribution is 2.46. The van der Waals surface area contributed by atoms with Crippen LogP contribution < -0.4 is 5.46 Å². The normalized spacial score (nSPS) is 14.8. The van der Waals surface area contributed by atoms with Gasteiger partial charge in [0, 0.05) is 34.1 Å². The van der Waals surface area contributed by atoms with Crippen LogP contribution in [0.15, 0.2) is 54.9 Å². The summed E-state index contributed by atoms with van der Waals surface area (Å²) in [6.07, 6.45) is 3.82. The predicted molar refractivity (Wildman–Crippen MR) is 98.3 cm³/mol. The molecule has 24 heavy (non-hydrogen) atoms. The number of aromatic nitrogens is 2. The average Bonchev–Trinajstić information content (AvgIpc) is 2.94. The van der Waals surface area contributed by atoms with Gasteiger partial charge in [0.25, 0.3) is 0 Å². The lowest BCUT2D eigenvalue weighted by molar-refractivity contribution is 0.613. The number of hydrogen-bond acceptors (Lipinski definition) is 2. The zero-order chi connectivity index (χ0) is 16.5. The maximum atomic E-state index is 9.64. The molecule has 0 atom stereocenters. The summed E-state index contributed by atoms with van der Waals surface area (Å²) in [5, 5.41) is 12.0. The Hall–Kier alpha value is -2.59. The predicted octanol–water partition coefficient (Wildman–Crippen LogP) is 3.05. The van der Waals surface area contributed by atoms with Crippen molar-refractivity contribution < 1.29 is 5.02 Å². The molecule has 0 bridgehead atoms. The fourth-order valence-corrected chi connectivity index (χ4v) is 4.13. The van der Waals surface area contributed by atoms with Crippen molar-refractivity contribution in [3.63, 3.8) is 0 Å². The zero-order valence-electron chi connectivity index (χ0n) is 13.6.